The first-order valence-corrected chi connectivity index (χ1v) is 6.30. The van der Waals surface area contributed by atoms with Crippen molar-refractivity contribution in [2.24, 2.45) is 5.92 Å². The minimum atomic E-state index is -0.356. The lowest BCUT2D eigenvalue weighted by Crippen LogP contribution is -2.36. The molecule has 0 bridgehead atoms. The molecule has 2 unspecified atom stereocenters. The monoisotopic (exact) mass is 236 g/mol. The van der Waals surface area contributed by atoms with Crippen LogP contribution in [0.25, 0.3) is 0 Å². The largest absolute Gasteiger partial charge is 0.368 e. The van der Waals surface area contributed by atoms with Gasteiger partial charge < -0.3 is 10.6 Å². The third kappa shape index (κ3) is 1.83. The number of anilines is 2. The highest BCUT2D eigenvalue weighted by atomic mass is 19.1. The van der Waals surface area contributed by atoms with Gasteiger partial charge in [0.15, 0.2) is 11.6 Å². The maximum atomic E-state index is 13.8. The molecule has 1 aromatic heterocycles. The maximum Gasteiger partial charge on any atom is 0.222 e. The lowest BCUT2D eigenvalue weighted by atomic mass is 9.85. The van der Waals surface area contributed by atoms with Gasteiger partial charge in [-0.05, 0) is 25.2 Å². The molecule has 92 valence electrons. The molecule has 3 rings (SSSR count). The van der Waals surface area contributed by atoms with Gasteiger partial charge in [0.2, 0.25) is 5.95 Å². The van der Waals surface area contributed by atoms with E-state index < -0.39 is 0 Å². The third-order valence-electron chi connectivity index (χ3n) is 4.03. The van der Waals surface area contributed by atoms with Gasteiger partial charge >= 0.3 is 0 Å². The number of nitrogen functional groups attached to an aromatic ring is 1. The van der Waals surface area contributed by atoms with Crippen molar-refractivity contribution < 1.29 is 4.39 Å². The van der Waals surface area contributed by atoms with Crippen LogP contribution in [-0.4, -0.2) is 22.6 Å². The first kappa shape index (κ1) is 10.7. The molecule has 1 saturated heterocycles. The molecule has 1 saturated carbocycles. The van der Waals surface area contributed by atoms with Gasteiger partial charge in [-0.25, -0.2) is 9.37 Å². The van der Waals surface area contributed by atoms with Gasteiger partial charge in [-0.3, -0.25) is 0 Å². The van der Waals surface area contributed by atoms with Crippen LogP contribution in [0.5, 0.6) is 0 Å². The first-order chi connectivity index (χ1) is 8.25. The van der Waals surface area contributed by atoms with Crippen LogP contribution in [0.3, 0.4) is 0 Å². The van der Waals surface area contributed by atoms with E-state index in [2.05, 4.69) is 14.9 Å². The summed E-state index contributed by atoms with van der Waals surface area (Å²) in [7, 11) is 0. The zero-order valence-electron chi connectivity index (χ0n) is 9.77. The first-order valence-electron chi connectivity index (χ1n) is 6.30. The van der Waals surface area contributed by atoms with Crippen LogP contribution in [0.4, 0.5) is 16.2 Å². The number of nitrogens with zero attached hydrogens (tertiary/aromatic N) is 3. The van der Waals surface area contributed by atoms with Gasteiger partial charge in [-0.2, -0.15) is 4.98 Å². The molecular formula is C12H17FN4. The molecule has 1 aliphatic heterocycles. The summed E-state index contributed by atoms with van der Waals surface area (Å²) in [6.07, 6.45) is 7.28. The zero-order chi connectivity index (χ0) is 11.8. The Morgan fingerprint density at radius 3 is 3.00 bits per heavy atom. The molecule has 2 N–H and O–H groups in total. The average Bonchev–Trinajstić information content (AvgIpc) is 2.76. The van der Waals surface area contributed by atoms with Gasteiger partial charge in [0, 0.05) is 12.6 Å². The predicted molar refractivity (Wildman–Crippen MR) is 64.1 cm³/mol. The second-order valence-corrected chi connectivity index (χ2v) is 4.99. The van der Waals surface area contributed by atoms with E-state index in [-0.39, 0.29) is 11.8 Å². The van der Waals surface area contributed by atoms with Gasteiger partial charge in [0.25, 0.3) is 0 Å². The highest BCUT2D eigenvalue weighted by Gasteiger charge is 2.37. The lowest BCUT2D eigenvalue weighted by Gasteiger charge is -2.32. The van der Waals surface area contributed by atoms with E-state index in [1.165, 1.54) is 25.5 Å². The number of rotatable bonds is 1. The highest BCUT2D eigenvalue weighted by molar-refractivity contribution is 5.45. The minimum Gasteiger partial charge on any atom is -0.368 e. The lowest BCUT2D eigenvalue weighted by molar-refractivity contribution is 0.340. The summed E-state index contributed by atoms with van der Waals surface area (Å²) in [4.78, 5) is 9.84. The number of hydrogen-bond donors (Lipinski definition) is 1. The molecule has 2 fully saturated rings. The molecule has 4 nitrogen and oxygen atoms in total. The topological polar surface area (TPSA) is 55.0 Å². The Morgan fingerprint density at radius 1 is 1.29 bits per heavy atom. The van der Waals surface area contributed by atoms with Gasteiger partial charge in [-0.15, -0.1) is 0 Å². The average molecular weight is 236 g/mol. The van der Waals surface area contributed by atoms with Crippen LogP contribution in [0, 0.1) is 11.7 Å². The van der Waals surface area contributed by atoms with E-state index in [0.717, 1.165) is 19.4 Å². The smallest absolute Gasteiger partial charge is 0.222 e. The van der Waals surface area contributed by atoms with Crippen LogP contribution in [0.15, 0.2) is 6.20 Å². The molecule has 1 aliphatic carbocycles. The predicted octanol–water partition coefficient (Wildman–Crippen LogP) is 1.97. The molecule has 0 amide bonds. The Bertz CT molecular complexity index is 423. The Hall–Kier alpha value is -1.39. The van der Waals surface area contributed by atoms with Crippen LogP contribution in [0.1, 0.15) is 32.1 Å². The van der Waals surface area contributed by atoms with Crippen LogP contribution >= 0.6 is 0 Å². The summed E-state index contributed by atoms with van der Waals surface area (Å²) >= 11 is 0. The van der Waals surface area contributed by atoms with E-state index in [9.17, 15) is 4.39 Å². The number of halogens is 1. The second kappa shape index (κ2) is 4.13. The van der Waals surface area contributed by atoms with Crippen molar-refractivity contribution in [3.8, 4) is 0 Å². The van der Waals surface area contributed by atoms with Gasteiger partial charge in [-0.1, -0.05) is 12.8 Å². The molecule has 5 heteroatoms. The van der Waals surface area contributed by atoms with Crippen LogP contribution in [0.2, 0.25) is 0 Å². The van der Waals surface area contributed by atoms with E-state index in [1.54, 1.807) is 0 Å². The fourth-order valence-electron chi connectivity index (χ4n) is 3.24. The van der Waals surface area contributed by atoms with E-state index >= 15 is 0 Å². The van der Waals surface area contributed by atoms with Crippen molar-refractivity contribution in [1.82, 2.24) is 9.97 Å². The van der Waals surface area contributed by atoms with Crippen molar-refractivity contribution in [1.29, 1.82) is 0 Å². The van der Waals surface area contributed by atoms with Gasteiger partial charge in [0.1, 0.15) is 0 Å². The Kier molecular flexibility index (Phi) is 2.61. The van der Waals surface area contributed by atoms with E-state index in [1.807, 2.05) is 0 Å². The van der Waals surface area contributed by atoms with Crippen molar-refractivity contribution in [3.05, 3.63) is 12.0 Å². The summed E-state index contributed by atoms with van der Waals surface area (Å²) in [6.45, 7) is 0.892. The fourth-order valence-corrected chi connectivity index (χ4v) is 3.24. The highest BCUT2D eigenvalue weighted by Crippen LogP contribution is 2.38. The van der Waals surface area contributed by atoms with Crippen molar-refractivity contribution in [2.75, 3.05) is 17.2 Å². The van der Waals surface area contributed by atoms with Crippen molar-refractivity contribution >= 4 is 11.8 Å². The molecule has 0 radical (unpaired) electrons. The van der Waals surface area contributed by atoms with Crippen molar-refractivity contribution in [3.63, 3.8) is 0 Å². The van der Waals surface area contributed by atoms with E-state index in [0.29, 0.717) is 17.8 Å². The van der Waals surface area contributed by atoms with Crippen LogP contribution < -0.4 is 10.6 Å². The minimum absolute atomic E-state index is 0.153. The molecule has 0 aromatic carbocycles. The summed E-state index contributed by atoms with van der Waals surface area (Å²) in [5.41, 5.74) is 5.55. The SMILES string of the molecule is Nc1ncc(F)c(N2CCC3CCCCC32)n1. The molecule has 2 heterocycles. The summed E-state index contributed by atoms with van der Waals surface area (Å²) < 4.78 is 13.8. The summed E-state index contributed by atoms with van der Waals surface area (Å²) in [6, 6.07) is 0.451. The zero-order valence-corrected chi connectivity index (χ0v) is 9.77. The number of hydrogen-bond acceptors (Lipinski definition) is 4. The summed E-state index contributed by atoms with van der Waals surface area (Å²) in [5.74, 6) is 0.900. The normalized spacial score (nSPS) is 28.2. The number of nitrogens with two attached hydrogens (primary N) is 1. The quantitative estimate of drug-likeness (QED) is 0.810. The van der Waals surface area contributed by atoms with Crippen LogP contribution in [-0.2, 0) is 0 Å². The molecular weight excluding hydrogens is 219 g/mol. The second-order valence-electron chi connectivity index (χ2n) is 4.99. The third-order valence-corrected chi connectivity index (χ3v) is 4.03. The number of aromatic nitrogens is 2. The fraction of sp³-hybridized carbons (Fsp3) is 0.667. The summed E-state index contributed by atoms with van der Waals surface area (Å²) in [5, 5.41) is 0. The Morgan fingerprint density at radius 2 is 2.12 bits per heavy atom. The Labute approximate surface area is 100 Å². The standard InChI is InChI=1S/C12H17FN4/c13-9-7-15-12(14)16-11(9)17-6-5-8-3-1-2-4-10(8)17/h7-8,10H,1-6H2,(H2,14,15,16). The van der Waals surface area contributed by atoms with Gasteiger partial charge in [0.05, 0.1) is 6.20 Å². The maximum absolute atomic E-state index is 13.8. The molecule has 2 atom stereocenters. The Balaban J connectivity index is 1.91. The van der Waals surface area contributed by atoms with Crippen molar-refractivity contribution in [2.45, 2.75) is 38.1 Å². The molecule has 0 spiro atoms. The van der Waals surface area contributed by atoms with E-state index in [4.69, 9.17) is 5.73 Å². The number of fused-ring (bicyclic) bond motifs is 1. The molecule has 17 heavy (non-hydrogen) atoms. The molecule has 2 aliphatic rings. The molecule has 1 aromatic rings.